The second-order valence-electron chi connectivity index (χ2n) is 5.50. The van der Waals surface area contributed by atoms with Crippen LogP contribution in [0.15, 0.2) is 9.59 Å². The zero-order valence-electron chi connectivity index (χ0n) is 13.5. The van der Waals surface area contributed by atoms with Crippen LogP contribution in [0, 0.1) is 6.92 Å². The highest BCUT2D eigenvalue weighted by molar-refractivity contribution is 7.20. The molecular weight excluding hydrogens is 318 g/mol. The Morgan fingerprint density at radius 2 is 1.96 bits per heavy atom. The number of nitrogens with one attached hydrogen (secondary N) is 2. The molecule has 0 fully saturated rings. The molecule has 0 spiro atoms. The summed E-state index contributed by atoms with van der Waals surface area (Å²) in [5.74, 6) is -1.33. The molecule has 0 aliphatic carbocycles. The largest absolute Gasteiger partial charge is 0.544 e. The number of aromatic carboxylic acids is 1. The van der Waals surface area contributed by atoms with E-state index in [1.807, 2.05) is 0 Å². The molecule has 2 heterocycles. The first-order valence-electron chi connectivity index (χ1n) is 7.71. The number of rotatable bonds is 7. The molecule has 0 amide bonds. The molecule has 0 aromatic carbocycles. The van der Waals surface area contributed by atoms with Crippen molar-refractivity contribution < 1.29 is 14.8 Å². The molecule has 0 atom stereocenters. The summed E-state index contributed by atoms with van der Waals surface area (Å²) < 4.78 is 1.16. The first kappa shape index (κ1) is 17.4. The van der Waals surface area contributed by atoms with Gasteiger partial charge in [-0.25, -0.2) is 4.79 Å². The summed E-state index contributed by atoms with van der Waals surface area (Å²) in [6.07, 6.45) is 0.710. The van der Waals surface area contributed by atoms with E-state index in [4.69, 9.17) is 0 Å². The number of aromatic amines is 1. The molecular formula is C15H21N3O4S. The second kappa shape index (κ2) is 7.10. The summed E-state index contributed by atoms with van der Waals surface area (Å²) in [7, 11) is 0. The van der Waals surface area contributed by atoms with Crippen molar-refractivity contribution in [3.05, 3.63) is 31.3 Å². The number of carboxylic acid groups (broad SMARTS) is 1. The Hall–Kier alpha value is -1.93. The quantitative estimate of drug-likeness (QED) is 0.657. The van der Waals surface area contributed by atoms with Gasteiger partial charge in [0.25, 0.3) is 5.56 Å². The minimum absolute atomic E-state index is 0.0157. The summed E-state index contributed by atoms with van der Waals surface area (Å²) in [6.45, 7) is 8.96. The van der Waals surface area contributed by atoms with Crippen molar-refractivity contribution in [3.8, 4) is 0 Å². The van der Waals surface area contributed by atoms with Crippen LogP contribution >= 0.6 is 11.3 Å². The summed E-state index contributed by atoms with van der Waals surface area (Å²) in [5, 5.41) is 11.3. The summed E-state index contributed by atoms with van der Waals surface area (Å²) in [6, 6.07) is 0. The highest BCUT2D eigenvalue weighted by atomic mass is 32.1. The number of aryl methyl sites for hydroxylation is 1. The van der Waals surface area contributed by atoms with Gasteiger partial charge in [0.1, 0.15) is 4.83 Å². The number of aromatic nitrogens is 2. The number of hydrogen-bond acceptors (Lipinski definition) is 5. The van der Waals surface area contributed by atoms with Crippen molar-refractivity contribution in [2.24, 2.45) is 0 Å². The van der Waals surface area contributed by atoms with Crippen LogP contribution < -0.4 is 21.3 Å². The lowest BCUT2D eigenvalue weighted by Gasteiger charge is -2.15. The fraction of sp³-hybridized carbons (Fsp3) is 0.533. The average Bonchev–Trinajstić information content (AvgIpc) is 2.83. The molecule has 126 valence electrons. The van der Waals surface area contributed by atoms with Gasteiger partial charge in [0, 0.05) is 13.0 Å². The van der Waals surface area contributed by atoms with Crippen LogP contribution in [0.25, 0.3) is 10.2 Å². The lowest BCUT2D eigenvalue weighted by atomic mass is 10.2. The van der Waals surface area contributed by atoms with Crippen LogP contribution in [-0.4, -0.2) is 35.2 Å². The van der Waals surface area contributed by atoms with E-state index in [-0.39, 0.29) is 10.3 Å². The van der Waals surface area contributed by atoms with E-state index >= 15 is 0 Å². The molecule has 2 N–H and O–H groups in total. The second-order valence-corrected chi connectivity index (χ2v) is 6.52. The van der Waals surface area contributed by atoms with Gasteiger partial charge in [-0.2, -0.15) is 0 Å². The Labute approximate surface area is 137 Å². The zero-order valence-corrected chi connectivity index (χ0v) is 14.3. The molecule has 0 aliphatic rings. The van der Waals surface area contributed by atoms with Gasteiger partial charge in [0.15, 0.2) is 0 Å². The Morgan fingerprint density at radius 3 is 2.52 bits per heavy atom. The topological polar surface area (TPSA) is 99.4 Å². The number of hydrogen-bond donors (Lipinski definition) is 2. The Morgan fingerprint density at radius 1 is 1.30 bits per heavy atom. The maximum atomic E-state index is 12.6. The third-order valence-corrected chi connectivity index (χ3v) is 5.36. The SMILES string of the molecule is CC[NH+](CC)CCCn1c(=O)[nH]c2sc(C(=O)[O-])c(C)c2c1=O. The van der Waals surface area contributed by atoms with Crippen LogP contribution in [0.2, 0.25) is 0 Å². The van der Waals surface area contributed by atoms with Crippen molar-refractivity contribution >= 4 is 27.5 Å². The maximum Gasteiger partial charge on any atom is 0.329 e. The van der Waals surface area contributed by atoms with E-state index in [0.29, 0.717) is 23.4 Å². The number of carbonyl (C=O) groups excluding carboxylic acids is 1. The summed E-state index contributed by atoms with van der Waals surface area (Å²) in [4.78, 5) is 40.0. The molecule has 0 bridgehead atoms. The Kier molecular flexibility index (Phi) is 5.38. The van der Waals surface area contributed by atoms with Crippen molar-refractivity contribution in [2.45, 2.75) is 33.7 Å². The first-order valence-corrected chi connectivity index (χ1v) is 8.53. The van der Waals surface area contributed by atoms with Crippen molar-refractivity contribution in [1.29, 1.82) is 0 Å². The third-order valence-electron chi connectivity index (χ3n) is 4.17. The number of carbonyl (C=O) groups is 1. The van der Waals surface area contributed by atoms with Gasteiger partial charge in [-0.15, -0.1) is 11.3 Å². The van der Waals surface area contributed by atoms with E-state index in [2.05, 4.69) is 18.8 Å². The highest BCUT2D eigenvalue weighted by Gasteiger charge is 2.16. The van der Waals surface area contributed by atoms with Gasteiger partial charge in [0.2, 0.25) is 0 Å². The molecule has 7 nitrogen and oxygen atoms in total. The van der Waals surface area contributed by atoms with Crippen molar-refractivity contribution in [3.63, 3.8) is 0 Å². The number of fused-ring (bicyclic) bond motifs is 1. The van der Waals surface area contributed by atoms with Gasteiger partial charge in [-0.05, 0) is 26.3 Å². The minimum Gasteiger partial charge on any atom is -0.544 e. The molecule has 0 radical (unpaired) electrons. The molecule has 0 saturated carbocycles. The van der Waals surface area contributed by atoms with Gasteiger partial charge >= 0.3 is 5.69 Å². The fourth-order valence-corrected chi connectivity index (χ4v) is 3.76. The van der Waals surface area contributed by atoms with E-state index in [0.717, 1.165) is 35.5 Å². The molecule has 23 heavy (non-hydrogen) atoms. The van der Waals surface area contributed by atoms with Gasteiger partial charge in [0.05, 0.1) is 35.9 Å². The standard InChI is InChI=1S/C15H21N3O4S/c1-4-17(5-2)7-6-8-18-13(19)10-9(3)11(14(20)21)23-12(10)16-15(18)22/h4-8H2,1-3H3,(H,16,22)(H,20,21). The number of quaternary nitrogens is 1. The maximum absolute atomic E-state index is 12.6. The van der Waals surface area contributed by atoms with E-state index in [9.17, 15) is 19.5 Å². The van der Waals surface area contributed by atoms with Gasteiger partial charge in [-0.3, -0.25) is 14.3 Å². The van der Waals surface area contributed by atoms with Gasteiger partial charge in [-0.1, -0.05) is 0 Å². The zero-order chi connectivity index (χ0) is 17.1. The highest BCUT2D eigenvalue weighted by Crippen LogP contribution is 2.25. The van der Waals surface area contributed by atoms with Crippen LogP contribution in [0.5, 0.6) is 0 Å². The molecule has 0 aliphatic heterocycles. The molecule has 8 heteroatoms. The predicted octanol–water partition coefficient (Wildman–Crippen LogP) is -1.26. The monoisotopic (exact) mass is 339 g/mol. The summed E-state index contributed by atoms with van der Waals surface area (Å²) in [5.41, 5.74) is -0.572. The Balaban J connectivity index is 2.38. The summed E-state index contributed by atoms with van der Waals surface area (Å²) >= 11 is 0.870. The van der Waals surface area contributed by atoms with Crippen LogP contribution in [0.1, 0.15) is 35.5 Å². The molecule has 0 saturated heterocycles. The van der Waals surface area contributed by atoms with Gasteiger partial charge < -0.3 is 14.8 Å². The lowest BCUT2D eigenvalue weighted by molar-refractivity contribution is -0.896. The normalized spacial score (nSPS) is 11.5. The van der Waals surface area contributed by atoms with Crippen molar-refractivity contribution in [1.82, 2.24) is 9.55 Å². The van der Waals surface area contributed by atoms with Crippen LogP contribution in [0.3, 0.4) is 0 Å². The van der Waals surface area contributed by atoms with E-state index in [1.165, 1.54) is 4.90 Å². The van der Waals surface area contributed by atoms with Crippen molar-refractivity contribution in [2.75, 3.05) is 19.6 Å². The molecule has 2 aromatic heterocycles. The van der Waals surface area contributed by atoms with Crippen LogP contribution in [0.4, 0.5) is 0 Å². The smallest absolute Gasteiger partial charge is 0.329 e. The molecule has 0 unspecified atom stereocenters. The number of nitrogens with zero attached hydrogens (tertiary/aromatic N) is 1. The average molecular weight is 339 g/mol. The Bertz CT molecular complexity index is 830. The number of carboxylic acids is 1. The molecule has 2 rings (SSSR count). The van der Waals surface area contributed by atoms with E-state index in [1.54, 1.807) is 6.92 Å². The third kappa shape index (κ3) is 3.37. The molecule has 2 aromatic rings. The van der Waals surface area contributed by atoms with E-state index < -0.39 is 17.2 Å². The lowest BCUT2D eigenvalue weighted by Crippen LogP contribution is -3.11. The van der Waals surface area contributed by atoms with Crippen LogP contribution in [-0.2, 0) is 6.54 Å². The number of H-pyrrole nitrogens is 1. The first-order chi connectivity index (χ1) is 10.9. The number of thiophene rings is 1. The minimum atomic E-state index is -1.33. The predicted molar refractivity (Wildman–Crippen MR) is 87.3 cm³/mol. The fourth-order valence-electron chi connectivity index (χ4n) is 2.74.